The van der Waals surface area contributed by atoms with Gasteiger partial charge in [-0.05, 0) is 22.9 Å². The minimum absolute atomic E-state index is 0.374. The first-order valence-electron chi connectivity index (χ1n) is 3.49. The van der Waals surface area contributed by atoms with E-state index in [9.17, 15) is 4.79 Å². The van der Waals surface area contributed by atoms with Crippen molar-refractivity contribution >= 4 is 21.9 Å². The summed E-state index contributed by atoms with van der Waals surface area (Å²) in [7, 11) is 1.35. The molecule has 5 heteroatoms. The highest BCUT2D eigenvalue weighted by Gasteiger charge is 2.16. The molecule has 0 saturated carbocycles. The highest BCUT2D eigenvalue weighted by molar-refractivity contribution is 9.10. The van der Waals surface area contributed by atoms with Crippen LogP contribution in [-0.2, 0) is 11.3 Å². The molecule has 0 unspecified atom stereocenters. The predicted molar refractivity (Wildman–Crippen MR) is 46.9 cm³/mol. The first-order chi connectivity index (χ1) is 5.70. The van der Waals surface area contributed by atoms with Gasteiger partial charge < -0.3 is 9.30 Å². The summed E-state index contributed by atoms with van der Waals surface area (Å²) < 4.78 is 6.83. The Morgan fingerprint density at radius 3 is 3.00 bits per heavy atom. The van der Waals surface area contributed by atoms with Gasteiger partial charge in [0.05, 0.1) is 13.4 Å². The molecule has 0 spiro atoms. The van der Waals surface area contributed by atoms with Gasteiger partial charge in [-0.3, -0.25) is 0 Å². The number of carbonyl (C=O) groups excluding carboxylic acids is 1. The fraction of sp³-hybridized carbons (Fsp3) is 0.429. The van der Waals surface area contributed by atoms with Crippen molar-refractivity contribution in [2.24, 2.45) is 0 Å². The Labute approximate surface area is 78.7 Å². The Morgan fingerprint density at radius 2 is 2.50 bits per heavy atom. The van der Waals surface area contributed by atoms with Crippen LogP contribution < -0.4 is 0 Å². The molecule has 4 nitrogen and oxygen atoms in total. The van der Waals surface area contributed by atoms with Crippen molar-refractivity contribution in [2.45, 2.75) is 13.5 Å². The van der Waals surface area contributed by atoms with E-state index >= 15 is 0 Å². The molecule has 0 saturated heterocycles. The number of methoxy groups -OCH3 is 1. The van der Waals surface area contributed by atoms with Crippen LogP contribution in [0.15, 0.2) is 10.9 Å². The normalized spacial score (nSPS) is 9.92. The van der Waals surface area contributed by atoms with Gasteiger partial charge in [0.25, 0.3) is 0 Å². The quantitative estimate of drug-likeness (QED) is 0.726. The van der Waals surface area contributed by atoms with Crippen LogP contribution in [0.5, 0.6) is 0 Å². The minimum Gasteiger partial charge on any atom is -0.464 e. The fourth-order valence-electron chi connectivity index (χ4n) is 0.896. The third-order valence-corrected chi connectivity index (χ3v) is 2.09. The zero-order valence-electron chi connectivity index (χ0n) is 6.87. The van der Waals surface area contributed by atoms with Gasteiger partial charge in [0.2, 0.25) is 0 Å². The first-order valence-corrected chi connectivity index (χ1v) is 4.29. The molecular formula is C7H9BrN2O2. The van der Waals surface area contributed by atoms with E-state index in [4.69, 9.17) is 0 Å². The number of hydrogen-bond acceptors (Lipinski definition) is 3. The zero-order chi connectivity index (χ0) is 9.14. The van der Waals surface area contributed by atoms with Gasteiger partial charge in [0, 0.05) is 6.54 Å². The van der Waals surface area contributed by atoms with Crippen LogP contribution in [0.4, 0.5) is 0 Å². The van der Waals surface area contributed by atoms with Crippen molar-refractivity contribution in [3.05, 3.63) is 16.6 Å². The maximum absolute atomic E-state index is 11.2. The molecule has 0 N–H and O–H groups in total. The van der Waals surface area contributed by atoms with Crippen LogP contribution in [0.25, 0.3) is 0 Å². The smallest absolute Gasteiger partial charge is 0.357 e. The van der Waals surface area contributed by atoms with E-state index in [1.807, 2.05) is 6.92 Å². The number of aryl methyl sites for hydroxylation is 1. The van der Waals surface area contributed by atoms with Crippen molar-refractivity contribution in [3.63, 3.8) is 0 Å². The van der Waals surface area contributed by atoms with Crippen molar-refractivity contribution < 1.29 is 9.53 Å². The molecule has 0 bridgehead atoms. The monoisotopic (exact) mass is 232 g/mol. The number of rotatable bonds is 2. The summed E-state index contributed by atoms with van der Waals surface area (Å²) in [5.41, 5.74) is 0.458. The summed E-state index contributed by atoms with van der Waals surface area (Å²) in [6.45, 7) is 2.63. The minimum atomic E-state index is -0.374. The second-order valence-electron chi connectivity index (χ2n) is 2.16. The lowest BCUT2D eigenvalue weighted by molar-refractivity contribution is 0.0587. The van der Waals surface area contributed by atoms with E-state index in [-0.39, 0.29) is 5.97 Å². The summed E-state index contributed by atoms with van der Waals surface area (Å²) in [6, 6.07) is 0. The Kier molecular flexibility index (Phi) is 2.86. The lowest BCUT2D eigenvalue weighted by Gasteiger charge is -2.02. The number of hydrogen-bond donors (Lipinski definition) is 0. The average molecular weight is 233 g/mol. The standard InChI is InChI=1S/C7H9BrN2O2/c1-3-10-4-9-6(8)5(10)7(11)12-2/h4H,3H2,1-2H3. The molecule has 0 aliphatic rings. The molecule has 1 heterocycles. The molecule has 0 fully saturated rings. The average Bonchev–Trinajstić information content (AvgIpc) is 2.45. The van der Waals surface area contributed by atoms with Gasteiger partial charge in [0.1, 0.15) is 4.60 Å². The third-order valence-electron chi connectivity index (χ3n) is 1.51. The van der Waals surface area contributed by atoms with Crippen LogP contribution in [-0.4, -0.2) is 22.6 Å². The lowest BCUT2D eigenvalue weighted by Crippen LogP contribution is -2.09. The van der Waals surface area contributed by atoms with Gasteiger partial charge in [-0.2, -0.15) is 0 Å². The van der Waals surface area contributed by atoms with Crippen molar-refractivity contribution in [1.29, 1.82) is 0 Å². The van der Waals surface area contributed by atoms with E-state index in [2.05, 4.69) is 25.7 Å². The van der Waals surface area contributed by atoms with Crippen LogP contribution in [0.2, 0.25) is 0 Å². The van der Waals surface area contributed by atoms with Crippen LogP contribution >= 0.6 is 15.9 Å². The molecule has 0 aliphatic carbocycles. The summed E-state index contributed by atoms with van der Waals surface area (Å²) in [5, 5.41) is 0. The molecule has 0 aromatic carbocycles. The number of halogens is 1. The second kappa shape index (κ2) is 3.71. The number of esters is 1. The second-order valence-corrected chi connectivity index (χ2v) is 2.91. The molecule has 1 rings (SSSR count). The van der Waals surface area contributed by atoms with Crippen LogP contribution in [0, 0.1) is 0 Å². The Balaban J connectivity index is 3.10. The largest absolute Gasteiger partial charge is 0.464 e. The Hall–Kier alpha value is -0.840. The van der Waals surface area contributed by atoms with Gasteiger partial charge >= 0.3 is 5.97 Å². The number of ether oxygens (including phenoxy) is 1. The maximum Gasteiger partial charge on any atom is 0.357 e. The van der Waals surface area contributed by atoms with Gasteiger partial charge in [-0.15, -0.1) is 0 Å². The van der Waals surface area contributed by atoms with Gasteiger partial charge in [0.15, 0.2) is 5.69 Å². The maximum atomic E-state index is 11.2. The number of nitrogens with zero attached hydrogens (tertiary/aromatic N) is 2. The summed E-state index contributed by atoms with van der Waals surface area (Å²) in [4.78, 5) is 15.1. The Bertz CT molecular complexity index is 296. The number of imidazole rings is 1. The summed E-state index contributed by atoms with van der Waals surface area (Å²) in [5.74, 6) is -0.374. The van der Waals surface area contributed by atoms with Gasteiger partial charge in [-0.1, -0.05) is 0 Å². The SMILES string of the molecule is CCn1cnc(Br)c1C(=O)OC. The number of aromatic nitrogens is 2. The Morgan fingerprint density at radius 1 is 1.83 bits per heavy atom. The molecule has 66 valence electrons. The summed E-state index contributed by atoms with van der Waals surface area (Å²) >= 11 is 3.17. The topological polar surface area (TPSA) is 44.1 Å². The predicted octanol–water partition coefficient (Wildman–Crippen LogP) is 1.45. The lowest BCUT2D eigenvalue weighted by atomic mass is 10.4. The molecule has 0 radical (unpaired) electrons. The molecule has 0 amide bonds. The number of carbonyl (C=O) groups is 1. The van der Waals surface area contributed by atoms with E-state index in [0.717, 1.165) is 0 Å². The van der Waals surface area contributed by atoms with E-state index < -0.39 is 0 Å². The molecule has 1 aromatic rings. The molecule has 1 aromatic heterocycles. The van der Waals surface area contributed by atoms with Crippen molar-refractivity contribution in [1.82, 2.24) is 9.55 Å². The van der Waals surface area contributed by atoms with Crippen molar-refractivity contribution in [2.75, 3.05) is 7.11 Å². The highest BCUT2D eigenvalue weighted by Crippen LogP contribution is 2.15. The molecule has 12 heavy (non-hydrogen) atoms. The summed E-state index contributed by atoms with van der Waals surface area (Å²) in [6.07, 6.45) is 1.59. The molecule has 0 atom stereocenters. The van der Waals surface area contributed by atoms with E-state index in [1.54, 1.807) is 10.9 Å². The van der Waals surface area contributed by atoms with Crippen LogP contribution in [0.1, 0.15) is 17.4 Å². The highest BCUT2D eigenvalue weighted by atomic mass is 79.9. The first kappa shape index (κ1) is 9.25. The zero-order valence-corrected chi connectivity index (χ0v) is 8.46. The van der Waals surface area contributed by atoms with E-state index in [0.29, 0.717) is 16.8 Å². The molecular weight excluding hydrogens is 224 g/mol. The van der Waals surface area contributed by atoms with E-state index in [1.165, 1.54) is 7.11 Å². The van der Waals surface area contributed by atoms with Crippen LogP contribution in [0.3, 0.4) is 0 Å². The molecule has 0 aliphatic heterocycles. The van der Waals surface area contributed by atoms with Gasteiger partial charge in [-0.25, -0.2) is 9.78 Å². The third kappa shape index (κ3) is 1.50. The van der Waals surface area contributed by atoms with Crippen molar-refractivity contribution in [3.8, 4) is 0 Å². The fourth-order valence-corrected chi connectivity index (χ4v) is 1.38.